The second-order valence-corrected chi connectivity index (χ2v) is 6.78. The van der Waals surface area contributed by atoms with Gasteiger partial charge in [-0.15, -0.1) is 0 Å². The first kappa shape index (κ1) is 18.2. The number of fused-ring (bicyclic) bond motifs is 1. The first-order chi connectivity index (χ1) is 12.5. The average Bonchev–Trinajstić information content (AvgIpc) is 3.23. The van der Waals surface area contributed by atoms with Crippen LogP contribution in [0.5, 0.6) is 0 Å². The van der Waals surface area contributed by atoms with Crippen molar-refractivity contribution in [2.45, 2.75) is 45.4 Å². The summed E-state index contributed by atoms with van der Waals surface area (Å²) in [6, 6.07) is 8.29. The van der Waals surface area contributed by atoms with Crippen molar-refractivity contribution in [3.63, 3.8) is 0 Å². The van der Waals surface area contributed by atoms with Gasteiger partial charge >= 0.3 is 5.97 Å². The molecule has 0 radical (unpaired) electrons. The van der Waals surface area contributed by atoms with E-state index in [1.165, 1.54) is 5.56 Å². The SMILES string of the molecule is CCc1ccc(-n2nc(C(=O)N(C)CCCC(=O)O)c3c2CCC3)cc1. The van der Waals surface area contributed by atoms with Gasteiger partial charge < -0.3 is 10.0 Å². The molecule has 6 heteroatoms. The second-order valence-electron chi connectivity index (χ2n) is 6.78. The predicted octanol–water partition coefficient (Wildman–Crippen LogP) is 2.86. The summed E-state index contributed by atoms with van der Waals surface area (Å²) >= 11 is 0. The summed E-state index contributed by atoms with van der Waals surface area (Å²) in [5.74, 6) is -0.969. The lowest BCUT2D eigenvalue weighted by Crippen LogP contribution is -2.29. The van der Waals surface area contributed by atoms with Crippen LogP contribution >= 0.6 is 0 Å². The largest absolute Gasteiger partial charge is 0.481 e. The number of carbonyl (C=O) groups excluding carboxylic acids is 1. The fraction of sp³-hybridized carbons (Fsp3) is 0.450. The molecule has 0 bridgehead atoms. The first-order valence-corrected chi connectivity index (χ1v) is 9.18. The molecular weight excluding hydrogens is 330 g/mol. The minimum atomic E-state index is -0.841. The second kappa shape index (κ2) is 7.72. The number of carboxylic acids is 1. The zero-order valence-electron chi connectivity index (χ0n) is 15.4. The summed E-state index contributed by atoms with van der Waals surface area (Å²) in [5.41, 5.74) is 4.92. The van der Waals surface area contributed by atoms with Crippen LogP contribution in [0.1, 0.15) is 53.5 Å². The van der Waals surface area contributed by atoms with Gasteiger partial charge in [0.05, 0.1) is 5.69 Å². The molecule has 6 nitrogen and oxygen atoms in total. The van der Waals surface area contributed by atoms with Crippen LogP contribution in [0.15, 0.2) is 24.3 Å². The van der Waals surface area contributed by atoms with E-state index in [4.69, 9.17) is 5.11 Å². The van der Waals surface area contributed by atoms with Crippen molar-refractivity contribution in [1.29, 1.82) is 0 Å². The Balaban J connectivity index is 1.84. The minimum Gasteiger partial charge on any atom is -0.481 e. The Labute approximate surface area is 153 Å². The van der Waals surface area contributed by atoms with Crippen molar-refractivity contribution in [3.8, 4) is 5.69 Å². The molecule has 1 heterocycles. The van der Waals surface area contributed by atoms with Crippen LogP contribution in [0.3, 0.4) is 0 Å². The molecule has 1 aromatic carbocycles. The number of hydrogen-bond donors (Lipinski definition) is 1. The normalized spacial score (nSPS) is 12.8. The Morgan fingerprint density at radius 3 is 2.62 bits per heavy atom. The van der Waals surface area contributed by atoms with Gasteiger partial charge in [0.25, 0.3) is 5.91 Å². The maximum atomic E-state index is 12.8. The quantitative estimate of drug-likeness (QED) is 0.829. The Morgan fingerprint density at radius 1 is 1.23 bits per heavy atom. The van der Waals surface area contributed by atoms with Gasteiger partial charge in [0, 0.05) is 31.3 Å². The monoisotopic (exact) mass is 355 g/mol. The van der Waals surface area contributed by atoms with Crippen LogP contribution in [0.2, 0.25) is 0 Å². The summed E-state index contributed by atoms with van der Waals surface area (Å²) in [7, 11) is 1.71. The molecule has 1 N–H and O–H groups in total. The number of aryl methyl sites for hydroxylation is 1. The van der Waals surface area contributed by atoms with Crippen LogP contribution in [-0.4, -0.2) is 45.3 Å². The van der Waals surface area contributed by atoms with Crippen LogP contribution in [-0.2, 0) is 24.1 Å². The van der Waals surface area contributed by atoms with Gasteiger partial charge in [-0.1, -0.05) is 19.1 Å². The van der Waals surface area contributed by atoms with E-state index in [0.29, 0.717) is 18.7 Å². The molecule has 1 amide bonds. The summed E-state index contributed by atoms with van der Waals surface area (Å²) in [6.07, 6.45) is 4.32. The minimum absolute atomic E-state index is 0.0634. The Hall–Kier alpha value is -2.63. The highest BCUT2D eigenvalue weighted by molar-refractivity contribution is 5.94. The fourth-order valence-corrected chi connectivity index (χ4v) is 3.45. The van der Waals surface area contributed by atoms with Crippen LogP contribution < -0.4 is 0 Å². The average molecular weight is 355 g/mol. The van der Waals surface area contributed by atoms with E-state index in [0.717, 1.165) is 42.6 Å². The lowest BCUT2D eigenvalue weighted by Gasteiger charge is -2.15. The molecule has 138 valence electrons. The van der Waals surface area contributed by atoms with Crippen molar-refractivity contribution >= 4 is 11.9 Å². The molecule has 26 heavy (non-hydrogen) atoms. The van der Waals surface area contributed by atoms with Gasteiger partial charge in [0.15, 0.2) is 5.69 Å². The molecule has 1 aliphatic carbocycles. The summed E-state index contributed by atoms with van der Waals surface area (Å²) < 4.78 is 1.90. The Morgan fingerprint density at radius 2 is 1.96 bits per heavy atom. The molecule has 0 unspecified atom stereocenters. The number of aliphatic carboxylic acids is 1. The molecule has 0 aliphatic heterocycles. The number of rotatable bonds is 7. The van der Waals surface area contributed by atoms with Gasteiger partial charge in [-0.2, -0.15) is 5.10 Å². The lowest BCUT2D eigenvalue weighted by atomic mass is 10.1. The number of hydrogen-bond acceptors (Lipinski definition) is 3. The van der Waals surface area contributed by atoms with E-state index in [1.54, 1.807) is 11.9 Å². The summed E-state index contributed by atoms with van der Waals surface area (Å²) in [4.78, 5) is 25.1. The summed E-state index contributed by atoms with van der Waals surface area (Å²) in [6.45, 7) is 2.54. The standard InChI is InChI=1S/C20H25N3O3/c1-3-14-9-11-15(12-10-14)23-17-7-4-6-16(17)19(21-23)20(26)22(2)13-5-8-18(24)25/h9-12H,3-8,13H2,1-2H3,(H,24,25). The lowest BCUT2D eigenvalue weighted by molar-refractivity contribution is -0.137. The molecule has 3 rings (SSSR count). The highest BCUT2D eigenvalue weighted by atomic mass is 16.4. The van der Waals surface area contributed by atoms with Crippen LogP contribution in [0.4, 0.5) is 0 Å². The molecule has 1 aromatic heterocycles. The van der Waals surface area contributed by atoms with Crippen molar-refractivity contribution in [2.24, 2.45) is 0 Å². The first-order valence-electron chi connectivity index (χ1n) is 9.18. The predicted molar refractivity (Wildman–Crippen MR) is 98.8 cm³/mol. The van der Waals surface area contributed by atoms with Crippen LogP contribution in [0.25, 0.3) is 5.69 Å². The number of carbonyl (C=O) groups is 2. The Bertz CT molecular complexity index is 808. The zero-order valence-corrected chi connectivity index (χ0v) is 15.4. The molecule has 0 atom stereocenters. The van der Waals surface area contributed by atoms with Crippen molar-refractivity contribution in [1.82, 2.24) is 14.7 Å². The molecular formula is C20H25N3O3. The molecule has 0 fully saturated rings. The van der Waals surface area contributed by atoms with Crippen molar-refractivity contribution in [3.05, 3.63) is 46.8 Å². The molecule has 0 saturated carbocycles. The zero-order chi connectivity index (χ0) is 18.7. The molecule has 0 saturated heterocycles. The van der Waals surface area contributed by atoms with Gasteiger partial charge in [-0.3, -0.25) is 9.59 Å². The maximum absolute atomic E-state index is 12.8. The highest BCUT2D eigenvalue weighted by Crippen LogP contribution is 2.28. The van der Waals surface area contributed by atoms with E-state index >= 15 is 0 Å². The number of aromatic nitrogens is 2. The van der Waals surface area contributed by atoms with E-state index in [1.807, 2.05) is 4.68 Å². The number of benzene rings is 1. The Kier molecular flexibility index (Phi) is 5.40. The van der Waals surface area contributed by atoms with Gasteiger partial charge in [0.2, 0.25) is 0 Å². The molecule has 2 aromatic rings. The number of nitrogens with zero attached hydrogens (tertiary/aromatic N) is 3. The van der Waals surface area contributed by atoms with Gasteiger partial charge in [0.1, 0.15) is 0 Å². The smallest absolute Gasteiger partial charge is 0.303 e. The molecule has 0 spiro atoms. The highest BCUT2D eigenvalue weighted by Gasteiger charge is 2.28. The van der Waals surface area contributed by atoms with E-state index in [-0.39, 0.29) is 12.3 Å². The molecule has 1 aliphatic rings. The van der Waals surface area contributed by atoms with Crippen molar-refractivity contribution < 1.29 is 14.7 Å². The third-order valence-corrected chi connectivity index (χ3v) is 4.95. The number of amides is 1. The maximum Gasteiger partial charge on any atom is 0.303 e. The van der Waals surface area contributed by atoms with E-state index < -0.39 is 5.97 Å². The summed E-state index contributed by atoms with van der Waals surface area (Å²) in [5, 5.41) is 13.4. The third-order valence-electron chi connectivity index (χ3n) is 4.95. The third kappa shape index (κ3) is 3.64. The van der Waals surface area contributed by atoms with E-state index in [2.05, 4.69) is 36.3 Å². The van der Waals surface area contributed by atoms with Gasteiger partial charge in [-0.25, -0.2) is 4.68 Å². The van der Waals surface area contributed by atoms with Gasteiger partial charge in [-0.05, 0) is 49.8 Å². The van der Waals surface area contributed by atoms with E-state index in [9.17, 15) is 9.59 Å². The topological polar surface area (TPSA) is 75.4 Å². The van der Waals surface area contributed by atoms with Crippen LogP contribution in [0, 0.1) is 0 Å². The van der Waals surface area contributed by atoms with Crippen molar-refractivity contribution in [2.75, 3.05) is 13.6 Å². The fourth-order valence-electron chi connectivity index (χ4n) is 3.45. The number of carboxylic acid groups (broad SMARTS) is 1.